The zero-order chi connectivity index (χ0) is 18.5. The predicted molar refractivity (Wildman–Crippen MR) is 105 cm³/mol. The van der Waals surface area contributed by atoms with E-state index in [1.165, 1.54) is 6.07 Å². The Morgan fingerprint density at radius 1 is 0.741 bits per heavy atom. The van der Waals surface area contributed by atoms with Crippen molar-refractivity contribution in [2.75, 3.05) is 13.2 Å². The Balaban J connectivity index is 1.54. The number of hydrogen-bond donors (Lipinski definition) is 0. The van der Waals surface area contributed by atoms with Gasteiger partial charge < -0.3 is 13.9 Å². The Hall–Kier alpha value is -3.53. The molecule has 0 aliphatic carbocycles. The monoisotopic (exact) mass is 358 g/mol. The average molecular weight is 358 g/mol. The molecule has 4 aromatic rings. The average Bonchev–Trinajstić information content (AvgIpc) is 2.72. The summed E-state index contributed by atoms with van der Waals surface area (Å²) in [5.41, 5.74) is 1.23. The van der Waals surface area contributed by atoms with Crippen LogP contribution in [-0.4, -0.2) is 13.2 Å². The van der Waals surface area contributed by atoms with Crippen LogP contribution < -0.4 is 14.9 Å². The molecule has 0 saturated carbocycles. The molecule has 4 nitrogen and oxygen atoms in total. The minimum absolute atomic E-state index is 0.130. The van der Waals surface area contributed by atoms with Crippen molar-refractivity contribution in [3.63, 3.8) is 0 Å². The Bertz CT molecular complexity index is 1090. The topological polar surface area (TPSA) is 48.7 Å². The molecular formula is C23H18O4. The van der Waals surface area contributed by atoms with Crippen LogP contribution in [0.25, 0.3) is 22.3 Å². The molecule has 1 aromatic heterocycles. The second-order valence-electron chi connectivity index (χ2n) is 5.98. The van der Waals surface area contributed by atoms with Crippen LogP contribution in [0.3, 0.4) is 0 Å². The standard InChI is InChI=1S/C23H18O4/c24-19-16-22(17-8-3-1-4-9-17)27-21-13-7-12-20(23(19)21)26-15-14-25-18-10-5-2-6-11-18/h1-13,16H,14-15H2. The summed E-state index contributed by atoms with van der Waals surface area (Å²) in [4.78, 5) is 12.7. The first kappa shape index (κ1) is 16.9. The number of ether oxygens (including phenoxy) is 2. The first-order chi connectivity index (χ1) is 13.3. The smallest absolute Gasteiger partial charge is 0.197 e. The fourth-order valence-corrected chi connectivity index (χ4v) is 2.87. The minimum atomic E-state index is -0.130. The van der Waals surface area contributed by atoms with Crippen LogP contribution in [0.5, 0.6) is 11.5 Å². The third-order valence-corrected chi connectivity index (χ3v) is 4.13. The number of para-hydroxylation sites is 1. The van der Waals surface area contributed by atoms with E-state index in [1.807, 2.05) is 66.7 Å². The summed E-state index contributed by atoms with van der Waals surface area (Å²) in [6, 6.07) is 25.9. The van der Waals surface area contributed by atoms with Gasteiger partial charge in [0.25, 0.3) is 0 Å². The Morgan fingerprint density at radius 3 is 2.22 bits per heavy atom. The first-order valence-electron chi connectivity index (χ1n) is 8.74. The number of benzene rings is 3. The van der Waals surface area contributed by atoms with Gasteiger partial charge in [-0.2, -0.15) is 0 Å². The summed E-state index contributed by atoms with van der Waals surface area (Å²) in [6.07, 6.45) is 0. The van der Waals surface area contributed by atoms with Crippen LogP contribution in [-0.2, 0) is 0 Å². The Kier molecular flexibility index (Phi) is 4.88. The molecule has 1 heterocycles. The van der Waals surface area contributed by atoms with Crippen molar-refractivity contribution in [1.82, 2.24) is 0 Å². The van der Waals surface area contributed by atoms with Gasteiger partial charge in [0.2, 0.25) is 0 Å². The Labute approximate surface area is 156 Å². The van der Waals surface area contributed by atoms with Crippen molar-refractivity contribution in [1.29, 1.82) is 0 Å². The van der Waals surface area contributed by atoms with E-state index in [2.05, 4.69) is 0 Å². The molecule has 134 valence electrons. The summed E-state index contributed by atoms with van der Waals surface area (Å²) in [6.45, 7) is 0.710. The van der Waals surface area contributed by atoms with E-state index in [9.17, 15) is 4.79 Å². The fraction of sp³-hybridized carbons (Fsp3) is 0.0870. The summed E-state index contributed by atoms with van der Waals surface area (Å²) in [7, 11) is 0. The molecule has 0 aliphatic rings. The van der Waals surface area contributed by atoms with E-state index >= 15 is 0 Å². The second-order valence-corrected chi connectivity index (χ2v) is 5.98. The zero-order valence-electron chi connectivity index (χ0n) is 14.6. The Morgan fingerprint density at radius 2 is 1.44 bits per heavy atom. The van der Waals surface area contributed by atoms with Crippen LogP contribution in [0, 0.1) is 0 Å². The molecule has 4 rings (SSSR count). The molecule has 0 aliphatic heterocycles. The summed E-state index contributed by atoms with van der Waals surface area (Å²) < 4.78 is 17.3. The van der Waals surface area contributed by atoms with Crippen LogP contribution in [0.15, 0.2) is 94.1 Å². The molecule has 0 N–H and O–H groups in total. The van der Waals surface area contributed by atoms with Crippen molar-refractivity contribution in [3.8, 4) is 22.8 Å². The number of fused-ring (bicyclic) bond motifs is 1. The van der Waals surface area contributed by atoms with Gasteiger partial charge in [-0.3, -0.25) is 4.79 Å². The molecule has 0 bridgehead atoms. The van der Waals surface area contributed by atoms with Gasteiger partial charge in [-0.15, -0.1) is 0 Å². The van der Waals surface area contributed by atoms with Crippen molar-refractivity contribution in [2.24, 2.45) is 0 Å². The van der Waals surface area contributed by atoms with Crippen LogP contribution >= 0.6 is 0 Å². The van der Waals surface area contributed by atoms with Crippen molar-refractivity contribution < 1.29 is 13.9 Å². The van der Waals surface area contributed by atoms with Crippen LogP contribution in [0.1, 0.15) is 0 Å². The maximum absolute atomic E-state index is 12.7. The maximum Gasteiger partial charge on any atom is 0.197 e. The molecule has 3 aromatic carbocycles. The lowest BCUT2D eigenvalue weighted by Crippen LogP contribution is -2.11. The highest BCUT2D eigenvalue weighted by molar-refractivity contribution is 5.84. The molecule has 0 amide bonds. The van der Waals surface area contributed by atoms with E-state index in [0.29, 0.717) is 35.7 Å². The summed E-state index contributed by atoms with van der Waals surface area (Å²) >= 11 is 0. The van der Waals surface area contributed by atoms with Gasteiger partial charge in [-0.25, -0.2) is 0 Å². The van der Waals surface area contributed by atoms with Gasteiger partial charge >= 0.3 is 0 Å². The molecular weight excluding hydrogens is 340 g/mol. The van der Waals surface area contributed by atoms with E-state index in [0.717, 1.165) is 11.3 Å². The predicted octanol–water partition coefficient (Wildman–Crippen LogP) is 4.92. The zero-order valence-corrected chi connectivity index (χ0v) is 14.6. The molecule has 0 unspecified atom stereocenters. The summed E-state index contributed by atoms with van der Waals surface area (Å²) in [5, 5.41) is 0.442. The fourth-order valence-electron chi connectivity index (χ4n) is 2.87. The van der Waals surface area contributed by atoms with Gasteiger partial charge in [-0.1, -0.05) is 54.6 Å². The lowest BCUT2D eigenvalue weighted by molar-refractivity contribution is 0.218. The van der Waals surface area contributed by atoms with E-state index in [1.54, 1.807) is 12.1 Å². The van der Waals surface area contributed by atoms with Crippen LogP contribution in [0.4, 0.5) is 0 Å². The largest absolute Gasteiger partial charge is 0.490 e. The van der Waals surface area contributed by atoms with E-state index < -0.39 is 0 Å². The lowest BCUT2D eigenvalue weighted by Gasteiger charge is -2.10. The van der Waals surface area contributed by atoms with Gasteiger partial charge in [0.15, 0.2) is 5.43 Å². The lowest BCUT2D eigenvalue weighted by atomic mass is 10.1. The summed E-state index contributed by atoms with van der Waals surface area (Å²) in [5.74, 6) is 1.82. The molecule has 0 spiro atoms. The molecule has 0 radical (unpaired) electrons. The van der Waals surface area contributed by atoms with Gasteiger partial charge in [0, 0.05) is 11.6 Å². The highest BCUT2D eigenvalue weighted by atomic mass is 16.5. The quantitative estimate of drug-likeness (QED) is 0.459. The molecule has 4 heteroatoms. The second kappa shape index (κ2) is 7.79. The third kappa shape index (κ3) is 3.85. The SMILES string of the molecule is O=c1cc(-c2ccccc2)oc2cccc(OCCOc3ccccc3)c12. The van der Waals surface area contributed by atoms with E-state index in [-0.39, 0.29) is 5.43 Å². The normalized spacial score (nSPS) is 10.7. The molecule has 27 heavy (non-hydrogen) atoms. The molecule has 0 atom stereocenters. The molecule has 0 fully saturated rings. The van der Waals surface area contributed by atoms with Gasteiger partial charge in [-0.05, 0) is 24.3 Å². The van der Waals surface area contributed by atoms with Crippen molar-refractivity contribution >= 4 is 11.0 Å². The third-order valence-electron chi connectivity index (χ3n) is 4.13. The van der Waals surface area contributed by atoms with Gasteiger partial charge in [0.05, 0.1) is 0 Å². The first-order valence-corrected chi connectivity index (χ1v) is 8.74. The minimum Gasteiger partial charge on any atom is -0.490 e. The highest BCUT2D eigenvalue weighted by Crippen LogP contribution is 2.27. The molecule has 0 saturated heterocycles. The van der Waals surface area contributed by atoms with Crippen molar-refractivity contribution in [3.05, 3.63) is 95.2 Å². The van der Waals surface area contributed by atoms with Gasteiger partial charge in [0.1, 0.15) is 41.4 Å². The van der Waals surface area contributed by atoms with Crippen molar-refractivity contribution in [2.45, 2.75) is 0 Å². The highest BCUT2D eigenvalue weighted by Gasteiger charge is 2.11. The number of hydrogen-bond acceptors (Lipinski definition) is 4. The maximum atomic E-state index is 12.7. The van der Waals surface area contributed by atoms with Crippen LogP contribution in [0.2, 0.25) is 0 Å². The number of rotatable bonds is 6. The van der Waals surface area contributed by atoms with E-state index in [4.69, 9.17) is 13.9 Å².